The van der Waals surface area contributed by atoms with E-state index in [0.29, 0.717) is 18.5 Å². The summed E-state index contributed by atoms with van der Waals surface area (Å²) in [6.45, 7) is 1.22. The molecule has 3 aromatic carbocycles. The van der Waals surface area contributed by atoms with Crippen LogP contribution in [0.15, 0.2) is 91.0 Å². The second-order valence-corrected chi connectivity index (χ2v) is 8.71. The maximum absolute atomic E-state index is 13.4. The van der Waals surface area contributed by atoms with Crippen molar-refractivity contribution in [3.05, 3.63) is 102 Å². The summed E-state index contributed by atoms with van der Waals surface area (Å²) in [6.07, 6.45) is 1.01. The van der Waals surface area contributed by atoms with Gasteiger partial charge in [-0.3, -0.25) is 24.7 Å². The fourth-order valence-electron chi connectivity index (χ4n) is 3.89. The second kappa shape index (κ2) is 13.8. The zero-order valence-corrected chi connectivity index (χ0v) is 21.1. The standard InChI is InChI=1S/C29H33N3O5/c1-22(28(35)32(20-27(33)34)31(2)25-16-10-5-11-17-25)30-26(19-18-23-12-6-3-7-13-23)29(36)37-21-24-14-8-4-9-15-24/h3-17,22,26,30H,18-21H2,1-2H3,(H,33,34)/t22-,26?/m0/s1. The Bertz CT molecular complexity index is 1140. The molecule has 1 unspecified atom stereocenters. The van der Waals surface area contributed by atoms with Crippen molar-refractivity contribution >= 4 is 23.5 Å². The Morgan fingerprint density at radius 3 is 1.97 bits per heavy atom. The van der Waals surface area contributed by atoms with E-state index in [1.54, 1.807) is 38.2 Å². The second-order valence-electron chi connectivity index (χ2n) is 8.71. The number of amides is 1. The van der Waals surface area contributed by atoms with Crippen LogP contribution in [0.4, 0.5) is 5.69 Å². The summed E-state index contributed by atoms with van der Waals surface area (Å²) in [5.74, 6) is -2.10. The Kier molecular flexibility index (Phi) is 10.2. The van der Waals surface area contributed by atoms with Crippen LogP contribution in [0.25, 0.3) is 0 Å². The van der Waals surface area contributed by atoms with Gasteiger partial charge >= 0.3 is 11.9 Å². The average Bonchev–Trinajstić information content (AvgIpc) is 2.93. The number of nitrogens with zero attached hydrogens (tertiary/aromatic N) is 2. The lowest BCUT2D eigenvalue weighted by Crippen LogP contribution is -2.56. The molecule has 0 aromatic heterocycles. The highest BCUT2D eigenvalue weighted by molar-refractivity contribution is 5.87. The Morgan fingerprint density at radius 2 is 1.41 bits per heavy atom. The van der Waals surface area contributed by atoms with Crippen molar-refractivity contribution in [2.75, 3.05) is 18.6 Å². The number of hydrazine groups is 1. The Hall–Kier alpha value is -4.17. The molecule has 0 radical (unpaired) electrons. The van der Waals surface area contributed by atoms with Crippen molar-refractivity contribution in [3.8, 4) is 0 Å². The number of ether oxygens (including phenoxy) is 1. The first-order valence-corrected chi connectivity index (χ1v) is 12.2. The number of carbonyl (C=O) groups excluding carboxylic acids is 2. The summed E-state index contributed by atoms with van der Waals surface area (Å²) in [6, 6.07) is 26.5. The molecule has 0 aliphatic heterocycles. The van der Waals surface area contributed by atoms with Gasteiger partial charge in [0.05, 0.1) is 11.7 Å². The van der Waals surface area contributed by atoms with Gasteiger partial charge in [0.1, 0.15) is 19.2 Å². The summed E-state index contributed by atoms with van der Waals surface area (Å²) in [5.41, 5.74) is 2.58. The number of rotatable bonds is 13. The van der Waals surface area contributed by atoms with Gasteiger partial charge in [0.15, 0.2) is 0 Å². The van der Waals surface area contributed by atoms with E-state index in [1.165, 1.54) is 5.01 Å². The normalized spacial score (nSPS) is 12.3. The van der Waals surface area contributed by atoms with E-state index >= 15 is 0 Å². The summed E-state index contributed by atoms with van der Waals surface area (Å²) in [5, 5.41) is 15.2. The molecule has 0 aliphatic rings. The Labute approximate surface area is 217 Å². The summed E-state index contributed by atoms with van der Waals surface area (Å²) in [7, 11) is 1.63. The Morgan fingerprint density at radius 1 is 0.865 bits per heavy atom. The van der Waals surface area contributed by atoms with E-state index in [0.717, 1.165) is 16.1 Å². The van der Waals surface area contributed by atoms with Crippen LogP contribution in [-0.2, 0) is 32.1 Å². The van der Waals surface area contributed by atoms with Crippen molar-refractivity contribution in [2.45, 2.75) is 38.5 Å². The monoisotopic (exact) mass is 503 g/mol. The minimum atomic E-state index is -1.15. The number of hydrogen-bond acceptors (Lipinski definition) is 6. The third-order valence-corrected chi connectivity index (χ3v) is 5.93. The van der Waals surface area contributed by atoms with Gasteiger partial charge in [-0.05, 0) is 43.0 Å². The molecule has 37 heavy (non-hydrogen) atoms. The molecular weight excluding hydrogens is 470 g/mol. The molecule has 2 N–H and O–H groups in total. The summed E-state index contributed by atoms with van der Waals surface area (Å²) in [4.78, 5) is 38.1. The number of anilines is 1. The van der Waals surface area contributed by atoms with Gasteiger partial charge in [0.25, 0.3) is 5.91 Å². The van der Waals surface area contributed by atoms with E-state index in [4.69, 9.17) is 4.74 Å². The van der Waals surface area contributed by atoms with Gasteiger partial charge in [-0.1, -0.05) is 78.9 Å². The predicted octanol–water partition coefficient (Wildman–Crippen LogP) is 3.67. The summed E-state index contributed by atoms with van der Waals surface area (Å²) < 4.78 is 5.57. The number of carbonyl (C=O) groups is 3. The van der Waals surface area contributed by atoms with Gasteiger partial charge in [-0.2, -0.15) is 0 Å². The fourth-order valence-corrected chi connectivity index (χ4v) is 3.89. The van der Waals surface area contributed by atoms with Gasteiger partial charge in [-0.25, -0.2) is 5.01 Å². The van der Waals surface area contributed by atoms with Crippen LogP contribution < -0.4 is 10.3 Å². The van der Waals surface area contributed by atoms with Crippen LogP contribution in [0.1, 0.15) is 24.5 Å². The third kappa shape index (κ3) is 8.47. The van der Waals surface area contributed by atoms with Crippen molar-refractivity contribution in [1.29, 1.82) is 0 Å². The largest absolute Gasteiger partial charge is 0.480 e. The number of aryl methyl sites for hydroxylation is 1. The predicted molar refractivity (Wildman–Crippen MR) is 142 cm³/mol. The number of nitrogens with one attached hydrogen (secondary N) is 1. The third-order valence-electron chi connectivity index (χ3n) is 5.93. The molecule has 0 heterocycles. The fraction of sp³-hybridized carbons (Fsp3) is 0.276. The molecule has 8 heteroatoms. The van der Waals surface area contributed by atoms with Crippen molar-refractivity contribution in [1.82, 2.24) is 10.3 Å². The van der Waals surface area contributed by atoms with Crippen molar-refractivity contribution in [2.24, 2.45) is 0 Å². The molecular formula is C29H33N3O5. The molecule has 0 fully saturated rings. The minimum absolute atomic E-state index is 0.118. The smallest absolute Gasteiger partial charge is 0.325 e. The first kappa shape index (κ1) is 27.4. The van der Waals surface area contributed by atoms with Crippen molar-refractivity contribution in [3.63, 3.8) is 0 Å². The van der Waals surface area contributed by atoms with Crippen LogP contribution in [0, 0.1) is 0 Å². The van der Waals surface area contributed by atoms with Crippen LogP contribution in [0.2, 0.25) is 0 Å². The van der Waals surface area contributed by atoms with Crippen LogP contribution in [-0.4, -0.2) is 53.6 Å². The first-order valence-electron chi connectivity index (χ1n) is 12.2. The highest BCUT2D eigenvalue weighted by Crippen LogP contribution is 2.16. The topological polar surface area (TPSA) is 99.2 Å². The van der Waals surface area contributed by atoms with E-state index < -0.39 is 36.5 Å². The van der Waals surface area contributed by atoms with Gasteiger partial charge in [-0.15, -0.1) is 0 Å². The zero-order chi connectivity index (χ0) is 26.6. The molecule has 0 aliphatic carbocycles. The molecule has 8 nitrogen and oxygen atoms in total. The van der Waals surface area contributed by atoms with Gasteiger partial charge < -0.3 is 9.84 Å². The minimum Gasteiger partial charge on any atom is -0.480 e. The molecule has 0 bridgehead atoms. The molecule has 194 valence electrons. The maximum atomic E-state index is 13.4. The lowest BCUT2D eigenvalue weighted by atomic mass is 10.0. The number of para-hydroxylation sites is 1. The highest BCUT2D eigenvalue weighted by atomic mass is 16.5. The van der Waals surface area contributed by atoms with Gasteiger partial charge in [0, 0.05) is 7.05 Å². The van der Waals surface area contributed by atoms with E-state index in [9.17, 15) is 19.5 Å². The van der Waals surface area contributed by atoms with Gasteiger partial charge in [0.2, 0.25) is 0 Å². The molecule has 0 spiro atoms. The van der Waals surface area contributed by atoms with E-state index in [2.05, 4.69) is 5.32 Å². The lowest BCUT2D eigenvalue weighted by molar-refractivity contribution is -0.149. The zero-order valence-electron chi connectivity index (χ0n) is 21.1. The number of carboxylic acids is 1. The number of benzene rings is 3. The van der Waals surface area contributed by atoms with Crippen molar-refractivity contribution < 1.29 is 24.2 Å². The quantitative estimate of drug-likeness (QED) is 0.271. The molecule has 3 rings (SSSR count). The number of aliphatic carboxylic acids is 1. The van der Waals surface area contributed by atoms with E-state index in [-0.39, 0.29) is 6.61 Å². The molecule has 2 atom stereocenters. The molecule has 0 saturated carbocycles. The molecule has 3 aromatic rings. The number of esters is 1. The van der Waals surface area contributed by atoms with Crippen LogP contribution >= 0.6 is 0 Å². The number of carboxylic acid groups (broad SMARTS) is 1. The lowest BCUT2D eigenvalue weighted by Gasteiger charge is -2.35. The molecule has 0 saturated heterocycles. The number of hydrogen-bond donors (Lipinski definition) is 2. The first-order chi connectivity index (χ1) is 17.8. The van der Waals surface area contributed by atoms with E-state index in [1.807, 2.05) is 66.7 Å². The Balaban J connectivity index is 1.73. The SMILES string of the molecule is C[C@H](NC(CCc1ccccc1)C(=O)OCc1ccccc1)C(=O)N(CC(=O)O)N(C)c1ccccc1. The molecule has 1 amide bonds. The average molecular weight is 504 g/mol. The van der Waals surface area contributed by atoms with Crippen LogP contribution in [0.5, 0.6) is 0 Å². The van der Waals surface area contributed by atoms with Crippen LogP contribution in [0.3, 0.4) is 0 Å². The maximum Gasteiger partial charge on any atom is 0.325 e. The highest BCUT2D eigenvalue weighted by Gasteiger charge is 2.30. The summed E-state index contributed by atoms with van der Waals surface area (Å²) >= 11 is 0.